The molecule has 3 aromatic rings. The lowest BCUT2D eigenvalue weighted by Crippen LogP contribution is -2.48. The number of hydrogen-bond donors (Lipinski definition) is 0. The van der Waals surface area contributed by atoms with E-state index in [1.54, 1.807) is 7.11 Å². The Labute approximate surface area is 208 Å². The summed E-state index contributed by atoms with van der Waals surface area (Å²) in [5.41, 5.74) is 4.49. The summed E-state index contributed by atoms with van der Waals surface area (Å²) >= 11 is 0. The number of methoxy groups -OCH3 is 1. The third kappa shape index (κ3) is 4.13. The van der Waals surface area contributed by atoms with Crippen molar-refractivity contribution in [3.63, 3.8) is 0 Å². The summed E-state index contributed by atoms with van der Waals surface area (Å²) in [5, 5.41) is 0. The molecule has 7 rings (SSSR count). The first kappa shape index (κ1) is 22.3. The summed E-state index contributed by atoms with van der Waals surface area (Å²) < 4.78 is 12.8. The molecule has 1 aromatic heterocycles. The lowest BCUT2D eigenvalue weighted by molar-refractivity contribution is -0.00745. The van der Waals surface area contributed by atoms with E-state index in [0.29, 0.717) is 12.4 Å². The molecule has 4 fully saturated rings. The molecule has 0 N–H and O–H groups in total. The molecule has 1 heterocycles. The smallest absolute Gasteiger partial charge is 0.162 e. The van der Waals surface area contributed by atoms with E-state index in [-0.39, 0.29) is 5.41 Å². The van der Waals surface area contributed by atoms with Crippen LogP contribution in [0.25, 0.3) is 17.5 Å². The SMILES string of the molecule is C/C=C/c1cnc(-c2ccc(OC)c(C34CC5CC(CC(C5)C3)C4)c2OCc2ccccc2)nc1. The van der Waals surface area contributed by atoms with Crippen molar-refractivity contribution in [2.45, 2.75) is 57.5 Å². The number of benzene rings is 2. The summed E-state index contributed by atoms with van der Waals surface area (Å²) in [6.07, 6.45) is 15.7. The molecule has 0 amide bonds. The molecule has 0 unspecified atom stereocenters. The van der Waals surface area contributed by atoms with Gasteiger partial charge in [-0.05, 0) is 80.9 Å². The molecule has 4 aliphatic rings. The molecule has 0 radical (unpaired) electrons. The first-order valence-corrected chi connectivity index (χ1v) is 13.0. The fourth-order valence-corrected chi connectivity index (χ4v) is 7.47. The highest BCUT2D eigenvalue weighted by Crippen LogP contribution is 2.64. The van der Waals surface area contributed by atoms with Gasteiger partial charge in [0, 0.05) is 28.9 Å². The van der Waals surface area contributed by atoms with Crippen LogP contribution in [0.5, 0.6) is 11.5 Å². The van der Waals surface area contributed by atoms with Crippen LogP contribution in [-0.2, 0) is 12.0 Å². The van der Waals surface area contributed by atoms with Crippen molar-refractivity contribution in [2.24, 2.45) is 17.8 Å². The highest BCUT2D eigenvalue weighted by Gasteiger charge is 2.54. The lowest BCUT2D eigenvalue weighted by Gasteiger charge is -2.57. The normalized spacial score (nSPS) is 26.9. The molecule has 0 atom stereocenters. The predicted octanol–water partition coefficient (Wildman–Crippen LogP) is 7.23. The van der Waals surface area contributed by atoms with Gasteiger partial charge >= 0.3 is 0 Å². The van der Waals surface area contributed by atoms with Crippen molar-refractivity contribution in [3.05, 3.63) is 77.6 Å². The Morgan fingerprint density at radius 1 is 0.914 bits per heavy atom. The van der Waals surface area contributed by atoms with Crippen molar-refractivity contribution in [2.75, 3.05) is 7.11 Å². The zero-order valence-electron chi connectivity index (χ0n) is 20.7. The molecule has 180 valence electrons. The molecule has 0 saturated heterocycles. The monoisotopic (exact) mass is 466 g/mol. The van der Waals surface area contributed by atoms with Crippen LogP contribution < -0.4 is 9.47 Å². The Balaban J connectivity index is 1.49. The molecule has 0 spiro atoms. The van der Waals surface area contributed by atoms with Gasteiger partial charge in [0.25, 0.3) is 0 Å². The van der Waals surface area contributed by atoms with Gasteiger partial charge in [0.2, 0.25) is 0 Å². The van der Waals surface area contributed by atoms with E-state index in [0.717, 1.165) is 45.9 Å². The van der Waals surface area contributed by atoms with Crippen LogP contribution in [0.1, 0.15) is 62.1 Å². The van der Waals surface area contributed by atoms with Crippen LogP contribution in [-0.4, -0.2) is 17.1 Å². The topological polar surface area (TPSA) is 44.2 Å². The van der Waals surface area contributed by atoms with Gasteiger partial charge in [0.15, 0.2) is 5.82 Å². The Kier molecular flexibility index (Phi) is 5.83. The van der Waals surface area contributed by atoms with E-state index in [1.165, 1.54) is 44.1 Å². The molecule has 2 aromatic carbocycles. The number of hydrogen-bond acceptors (Lipinski definition) is 4. The quantitative estimate of drug-likeness (QED) is 0.368. The maximum atomic E-state index is 6.74. The summed E-state index contributed by atoms with van der Waals surface area (Å²) in [6, 6.07) is 14.6. The van der Waals surface area contributed by atoms with E-state index in [1.807, 2.05) is 37.5 Å². The minimum absolute atomic E-state index is 0.118. The predicted molar refractivity (Wildman–Crippen MR) is 139 cm³/mol. The number of ether oxygens (including phenoxy) is 2. The Morgan fingerprint density at radius 3 is 2.17 bits per heavy atom. The van der Waals surface area contributed by atoms with Crippen LogP contribution in [0, 0.1) is 17.8 Å². The first-order valence-electron chi connectivity index (χ1n) is 13.0. The molecule has 4 nitrogen and oxygen atoms in total. The fourth-order valence-electron chi connectivity index (χ4n) is 7.47. The van der Waals surface area contributed by atoms with Crippen LogP contribution in [0.15, 0.2) is 60.9 Å². The van der Waals surface area contributed by atoms with Gasteiger partial charge in [-0.15, -0.1) is 0 Å². The molecule has 0 aliphatic heterocycles. The van der Waals surface area contributed by atoms with Gasteiger partial charge in [-0.2, -0.15) is 0 Å². The molecule has 4 heteroatoms. The second-order valence-corrected chi connectivity index (χ2v) is 10.8. The third-order valence-corrected chi connectivity index (χ3v) is 8.41. The van der Waals surface area contributed by atoms with E-state index < -0.39 is 0 Å². The summed E-state index contributed by atoms with van der Waals surface area (Å²) in [5.74, 6) is 5.04. The number of rotatable bonds is 7. The minimum atomic E-state index is 0.118. The van der Waals surface area contributed by atoms with E-state index in [4.69, 9.17) is 19.4 Å². The summed E-state index contributed by atoms with van der Waals surface area (Å²) in [4.78, 5) is 9.49. The molecule has 35 heavy (non-hydrogen) atoms. The van der Waals surface area contributed by atoms with E-state index >= 15 is 0 Å². The molecule has 4 bridgehead atoms. The maximum absolute atomic E-state index is 6.74. The van der Waals surface area contributed by atoms with Crippen LogP contribution >= 0.6 is 0 Å². The van der Waals surface area contributed by atoms with Crippen molar-refractivity contribution in [3.8, 4) is 22.9 Å². The zero-order chi connectivity index (χ0) is 23.8. The maximum Gasteiger partial charge on any atom is 0.162 e. The van der Waals surface area contributed by atoms with Crippen molar-refractivity contribution in [1.29, 1.82) is 0 Å². The van der Waals surface area contributed by atoms with E-state index in [9.17, 15) is 0 Å². The average Bonchev–Trinajstić information content (AvgIpc) is 2.87. The number of nitrogens with zero attached hydrogens (tertiary/aromatic N) is 2. The van der Waals surface area contributed by atoms with Crippen molar-refractivity contribution < 1.29 is 9.47 Å². The van der Waals surface area contributed by atoms with Gasteiger partial charge in [-0.3, -0.25) is 0 Å². The minimum Gasteiger partial charge on any atom is -0.496 e. The van der Waals surface area contributed by atoms with Crippen molar-refractivity contribution >= 4 is 6.08 Å². The van der Waals surface area contributed by atoms with Gasteiger partial charge in [0.05, 0.1) is 12.7 Å². The molecular weight excluding hydrogens is 432 g/mol. The summed E-state index contributed by atoms with van der Waals surface area (Å²) in [6.45, 7) is 2.52. The lowest BCUT2D eigenvalue weighted by atomic mass is 9.47. The number of aromatic nitrogens is 2. The van der Waals surface area contributed by atoms with Crippen LogP contribution in [0.3, 0.4) is 0 Å². The highest BCUT2D eigenvalue weighted by molar-refractivity contribution is 5.71. The summed E-state index contributed by atoms with van der Waals surface area (Å²) in [7, 11) is 1.79. The Hall–Kier alpha value is -3.14. The molecule has 4 saturated carbocycles. The Bertz CT molecular complexity index is 1180. The van der Waals surface area contributed by atoms with Gasteiger partial charge in [-0.1, -0.05) is 42.5 Å². The Morgan fingerprint density at radius 2 is 1.57 bits per heavy atom. The highest BCUT2D eigenvalue weighted by atomic mass is 16.5. The second kappa shape index (κ2) is 9.14. The van der Waals surface area contributed by atoms with Gasteiger partial charge in [0.1, 0.15) is 18.1 Å². The van der Waals surface area contributed by atoms with Gasteiger partial charge in [-0.25, -0.2) is 9.97 Å². The largest absolute Gasteiger partial charge is 0.496 e. The van der Waals surface area contributed by atoms with Crippen molar-refractivity contribution in [1.82, 2.24) is 9.97 Å². The standard InChI is InChI=1S/C31H34N2O2/c1-3-7-22-18-32-30(33-19-22)26-10-11-27(34-2)28(29(26)35-20-21-8-5-4-6-9-21)31-15-23-12-24(16-31)14-25(13-23)17-31/h3-11,18-19,23-25H,12-17,20H2,1-2H3/b7-3+. The fraction of sp³-hybridized carbons (Fsp3) is 0.419. The third-order valence-electron chi connectivity index (χ3n) is 8.41. The molecule has 4 aliphatic carbocycles. The number of allylic oxidation sites excluding steroid dienone is 1. The first-order chi connectivity index (χ1) is 17.2. The average molecular weight is 467 g/mol. The van der Waals surface area contributed by atoms with Gasteiger partial charge < -0.3 is 9.47 Å². The van der Waals surface area contributed by atoms with Crippen LogP contribution in [0.2, 0.25) is 0 Å². The van der Waals surface area contributed by atoms with Crippen LogP contribution in [0.4, 0.5) is 0 Å². The van der Waals surface area contributed by atoms with E-state index in [2.05, 4.69) is 36.4 Å². The second-order valence-electron chi connectivity index (χ2n) is 10.8. The molecular formula is C31H34N2O2. The zero-order valence-corrected chi connectivity index (χ0v) is 20.7.